The van der Waals surface area contributed by atoms with Crippen molar-refractivity contribution in [1.82, 2.24) is 5.16 Å². The molecule has 0 unspecified atom stereocenters. The average Bonchev–Trinajstić information content (AvgIpc) is 2.82. The van der Waals surface area contributed by atoms with Crippen LogP contribution in [-0.2, 0) is 5.92 Å². The fourth-order valence-electron chi connectivity index (χ4n) is 1.86. The number of hydrogen-bond donors (Lipinski definition) is 1. The van der Waals surface area contributed by atoms with Crippen molar-refractivity contribution in [2.75, 3.05) is 20.0 Å². The van der Waals surface area contributed by atoms with Gasteiger partial charge >= 0.3 is 0 Å². The third kappa shape index (κ3) is 2.52. The van der Waals surface area contributed by atoms with Gasteiger partial charge < -0.3 is 19.7 Å². The number of rotatable bonds is 4. The molecule has 2 rings (SSSR count). The fraction of sp³-hybridized carbons (Fsp3) is 0.308. The highest BCUT2D eigenvalue weighted by molar-refractivity contribution is 5.69. The Morgan fingerprint density at radius 2 is 1.75 bits per heavy atom. The second-order valence-corrected chi connectivity index (χ2v) is 4.26. The van der Waals surface area contributed by atoms with Gasteiger partial charge in [0, 0.05) is 24.1 Å². The van der Waals surface area contributed by atoms with Crippen molar-refractivity contribution in [1.29, 1.82) is 0 Å². The first-order valence-corrected chi connectivity index (χ1v) is 5.73. The van der Waals surface area contributed by atoms with Crippen LogP contribution in [0.1, 0.15) is 12.5 Å². The average molecular weight is 284 g/mol. The standard InChI is InChI=1S/C13H14F2N2O3/c1-13(14,15)8-5-11(19-3)10(18-2)4-7(8)9-6-12(16)17-20-9/h4-6H,1-3H3,(H2,16,17). The van der Waals surface area contributed by atoms with E-state index in [1.807, 2.05) is 0 Å². The Morgan fingerprint density at radius 3 is 2.20 bits per heavy atom. The van der Waals surface area contributed by atoms with E-state index >= 15 is 0 Å². The zero-order valence-corrected chi connectivity index (χ0v) is 11.2. The molecule has 0 amide bonds. The maximum Gasteiger partial charge on any atom is 0.271 e. The number of benzene rings is 1. The van der Waals surface area contributed by atoms with E-state index in [4.69, 9.17) is 19.7 Å². The molecule has 0 saturated heterocycles. The smallest absolute Gasteiger partial charge is 0.271 e. The highest BCUT2D eigenvalue weighted by Gasteiger charge is 2.31. The molecule has 2 N–H and O–H groups in total. The monoisotopic (exact) mass is 284 g/mol. The molecule has 0 bridgehead atoms. The van der Waals surface area contributed by atoms with Crippen LogP contribution in [0.4, 0.5) is 14.6 Å². The Bertz CT molecular complexity index is 621. The van der Waals surface area contributed by atoms with Gasteiger partial charge in [0.05, 0.1) is 14.2 Å². The predicted octanol–water partition coefficient (Wildman–Crippen LogP) is 3.05. The second-order valence-electron chi connectivity index (χ2n) is 4.26. The molecule has 1 heterocycles. The molecule has 1 aromatic heterocycles. The molecule has 2 aromatic rings. The highest BCUT2D eigenvalue weighted by atomic mass is 19.3. The number of halogens is 2. The van der Waals surface area contributed by atoms with Crippen LogP contribution in [-0.4, -0.2) is 19.4 Å². The van der Waals surface area contributed by atoms with Crippen molar-refractivity contribution in [2.24, 2.45) is 0 Å². The third-order valence-corrected chi connectivity index (χ3v) is 2.79. The summed E-state index contributed by atoms with van der Waals surface area (Å²) in [7, 11) is 2.79. The summed E-state index contributed by atoms with van der Waals surface area (Å²) >= 11 is 0. The predicted molar refractivity (Wildman–Crippen MR) is 69.0 cm³/mol. The van der Waals surface area contributed by atoms with Crippen LogP contribution in [0.25, 0.3) is 11.3 Å². The van der Waals surface area contributed by atoms with Gasteiger partial charge in [0.1, 0.15) is 0 Å². The second kappa shape index (κ2) is 4.99. The Balaban J connectivity index is 2.70. The van der Waals surface area contributed by atoms with Gasteiger partial charge in [0.25, 0.3) is 5.92 Å². The van der Waals surface area contributed by atoms with Crippen LogP contribution in [0, 0.1) is 0 Å². The van der Waals surface area contributed by atoms with Gasteiger partial charge in [-0.05, 0) is 12.1 Å². The summed E-state index contributed by atoms with van der Waals surface area (Å²) in [5.74, 6) is -2.32. The van der Waals surface area contributed by atoms with Crippen molar-refractivity contribution in [3.63, 3.8) is 0 Å². The lowest BCUT2D eigenvalue weighted by Gasteiger charge is -2.17. The summed E-state index contributed by atoms with van der Waals surface area (Å²) in [5, 5.41) is 3.50. The van der Waals surface area contributed by atoms with Crippen LogP contribution >= 0.6 is 0 Å². The molecule has 0 fully saturated rings. The molecule has 1 aromatic carbocycles. The Kier molecular flexibility index (Phi) is 3.52. The van der Waals surface area contributed by atoms with Gasteiger partial charge in [-0.1, -0.05) is 5.16 Å². The molecule has 0 aliphatic heterocycles. The summed E-state index contributed by atoms with van der Waals surface area (Å²) in [4.78, 5) is 0. The minimum absolute atomic E-state index is 0.111. The first-order valence-electron chi connectivity index (χ1n) is 5.73. The molecule has 7 heteroatoms. The van der Waals surface area contributed by atoms with Crippen LogP contribution in [0.15, 0.2) is 22.7 Å². The molecule has 0 aliphatic rings. The maximum atomic E-state index is 13.8. The Labute approximate surface area is 114 Å². The summed E-state index contributed by atoms with van der Waals surface area (Å²) in [5.41, 5.74) is 5.35. The maximum absolute atomic E-state index is 13.8. The fourth-order valence-corrected chi connectivity index (χ4v) is 1.86. The molecule has 0 radical (unpaired) electrons. The summed E-state index contributed by atoms with van der Waals surface area (Å²) in [6.45, 7) is 0.789. The lowest BCUT2D eigenvalue weighted by atomic mass is 9.99. The van der Waals surface area contributed by atoms with Gasteiger partial charge in [-0.25, -0.2) is 8.78 Å². The van der Waals surface area contributed by atoms with E-state index in [1.54, 1.807) is 0 Å². The minimum atomic E-state index is -3.09. The van der Waals surface area contributed by atoms with Crippen molar-refractivity contribution in [2.45, 2.75) is 12.8 Å². The van der Waals surface area contributed by atoms with Gasteiger partial charge in [0.2, 0.25) is 0 Å². The third-order valence-electron chi connectivity index (χ3n) is 2.79. The zero-order valence-electron chi connectivity index (χ0n) is 11.2. The van der Waals surface area contributed by atoms with E-state index in [1.165, 1.54) is 32.4 Å². The van der Waals surface area contributed by atoms with Crippen molar-refractivity contribution in [3.8, 4) is 22.8 Å². The van der Waals surface area contributed by atoms with Crippen molar-refractivity contribution >= 4 is 5.82 Å². The minimum Gasteiger partial charge on any atom is -0.493 e. The number of alkyl halides is 2. The van der Waals surface area contributed by atoms with E-state index < -0.39 is 5.92 Å². The normalized spacial score (nSPS) is 11.4. The molecular formula is C13H14F2N2O3. The quantitative estimate of drug-likeness (QED) is 0.934. The van der Waals surface area contributed by atoms with E-state index in [9.17, 15) is 8.78 Å². The number of methoxy groups -OCH3 is 2. The lowest BCUT2D eigenvalue weighted by molar-refractivity contribution is 0.0177. The Hall–Kier alpha value is -2.31. The number of nitrogens with two attached hydrogens (primary N) is 1. The van der Waals surface area contributed by atoms with Gasteiger partial charge in [-0.15, -0.1) is 0 Å². The molecule has 0 aliphatic carbocycles. The molecular weight excluding hydrogens is 270 g/mol. The summed E-state index contributed by atoms with van der Waals surface area (Å²) in [6, 6.07) is 3.99. The van der Waals surface area contributed by atoms with Crippen LogP contribution in [0.5, 0.6) is 11.5 Å². The molecule has 108 valence electrons. The molecule has 0 atom stereocenters. The van der Waals surface area contributed by atoms with E-state index in [-0.39, 0.29) is 28.5 Å². The highest BCUT2D eigenvalue weighted by Crippen LogP contribution is 2.42. The van der Waals surface area contributed by atoms with Gasteiger partial charge in [-0.3, -0.25) is 0 Å². The van der Waals surface area contributed by atoms with Gasteiger partial charge in [0.15, 0.2) is 23.1 Å². The van der Waals surface area contributed by atoms with E-state index in [2.05, 4.69) is 5.16 Å². The van der Waals surface area contributed by atoms with Gasteiger partial charge in [-0.2, -0.15) is 0 Å². The Morgan fingerprint density at radius 1 is 1.15 bits per heavy atom. The molecule has 20 heavy (non-hydrogen) atoms. The zero-order chi connectivity index (χ0) is 14.9. The number of hydrogen-bond acceptors (Lipinski definition) is 5. The van der Waals surface area contributed by atoms with Crippen LogP contribution in [0.2, 0.25) is 0 Å². The molecule has 0 saturated carbocycles. The topological polar surface area (TPSA) is 70.5 Å². The van der Waals surface area contributed by atoms with Crippen LogP contribution < -0.4 is 15.2 Å². The number of aromatic nitrogens is 1. The lowest BCUT2D eigenvalue weighted by Crippen LogP contribution is -2.10. The van der Waals surface area contributed by atoms with Crippen molar-refractivity contribution < 1.29 is 22.8 Å². The van der Waals surface area contributed by atoms with E-state index in [0.29, 0.717) is 5.75 Å². The first kappa shape index (κ1) is 14.1. The number of anilines is 1. The summed E-state index contributed by atoms with van der Waals surface area (Å²) < 4.78 is 42.6. The number of ether oxygens (including phenoxy) is 2. The largest absolute Gasteiger partial charge is 0.493 e. The van der Waals surface area contributed by atoms with Crippen molar-refractivity contribution in [3.05, 3.63) is 23.8 Å². The SMILES string of the molecule is COc1cc(-c2cc(N)no2)c(C(C)(F)F)cc1OC. The number of nitrogen functional groups attached to an aromatic ring is 1. The molecule has 0 spiro atoms. The first-order chi connectivity index (χ1) is 9.36. The number of nitrogens with zero attached hydrogens (tertiary/aromatic N) is 1. The van der Waals surface area contributed by atoms with Crippen LogP contribution in [0.3, 0.4) is 0 Å². The summed E-state index contributed by atoms with van der Waals surface area (Å²) in [6.07, 6.45) is 0. The van der Waals surface area contributed by atoms with E-state index in [0.717, 1.165) is 6.92 Å². The molecule has 5 nitrogen and oxygen atoms in total.